The van der Waals surface area contributed by atoms with Gasteiger partial charge in [-0.05, 0) is 55.0 Å². The Kier molecular flexibility index (Phi) is 6.27. The third-order valence-corrected chi connectivity index (χ3v) is 7.11. The lowest BCUT2D eigenvalue weighted by Gasteiger charge is -2.23. The number of amides is 1. The average molecular weight is 556 g/mol. The van der Waals surface area contributed by atoms with E-state index in [-0.39, 0.29) is 12.8 Å². The maximum absolute atomic E-state index is 11.5. The molecule has 164 valence electrons. The minimum absolute atomic E-state index is 0.0981. The van der Waals surface area contributed by atoms with Gasteiger partial charge in [0, 0.05) is 27.6 Å². The lowest BCUT2D eigenvalue weighted by atomic mass is 10.3. The maximum Gasteiger partial charge on any atom is 0.407 e. The van der Waals surface area contributed by atoms with Crippen molar-refractivity contribution in [2.75, 3.05) is 19.1 Å². The molecule has 0 radical (unpaired) electrons. The highest BCUT2D eigenvalue weighted by molar-refractivity contribution is 14.1. The number of rotatable bonds is 7. The number of aromatic nitrogens is 4. The van der Waals surface area contributed by atoms with Gasteiger partial charge in [-0.2, -0.15) is 0 Å². The Balaban J connectivity index is 1.64. The molecular formula is C19H21IN6O4S. The summed E-state index contributed by atoms with van der Waals surface area (Å²) >= 11 is 3.72. The summed E-state index contributed by atoms with van der Waals surface area (Å²) in [6.45, 7) is 4.86. The summed E-state index contributed by atoms with van der Waals surface area (Å²) in [5.41, 5.74) is 7.18. The molecule has 4 rings (SSSR count). The van der Waals surface area contributed by atoms with Gasteiger partial charge < -0.3 is 29.8 Å². The van der Waals surface area contributed by atoms with E-state index in [0.717, 1.165) is 14.2 Å². The van der Waals surface area contributed by atoms with Crippen molar-refractivity contribution in [3.05, 3.63) is 22.0 Å². The third kappa shape index (κ3) is 4.44. The summed E-state index contributed by atoms with van der Waals surface area (Å²) in [6.07, 6.45) is 1.08. The molecule has 0 saturated heterocycles. The van der Waals surface area contributed by atoms with Gasteiger partial charge in [0.1, 0.15) is 6.33 Å². The number of aryl methyl sites for hydroxylation is 1. The van der Waals surface area contributed by atoms with E-state index >= 15 is 0 Å². The van der Waals surface area contributed by atoms with E-state index < -0.39 is 6.09 Å². The van der Waals surface area contributed by atoms with E-state index in [2.05, 4.69) is 37.5 Å². The number of halogens is 1. The van der Waals surface area contributed by atoms with Gasteiger partial charge in [-0.3, -0.25) is 0 Å². The maximum atomic E-state index is 11.5. The second kappa shape index (κ2) is 8.94. The molecule has 1 aromatic carbocycles. The first-order valence-corrected chi connectivity index (χ1v) is 11.5. The highest BCUT2D eigenvalue weighted by Crippen LogP contribution is 2.41. The standard InChI is InChI=1S/C19H21IN6O4S/c1-10(2)25(19(27)28)4-3-5-26-17-15(16(21)22-8-23-17)24-18(26)31-14-7-13-12(6-11(14)20)29-9-30-13/h6-8,10H,3-5,9H2,1-2H3,(H,27,28)(H2,21,22,23). The van der Waals surface area contributed by atoms with Crippen LogP contribution in [0.5, 0.6) is 11.5 Å². The van der Waals surface area contributed by atoms with Crippen molar-refractivity contribution < 1.29 is 19.4 Å². The Morgan fingerprint density at radius 3 is 2.81 bits per heavy atom. The fraction of sp³-hybridized carbons (Fsp3) is 0.368. The van der Waals surface area contributed by atoms with Gasteiger partial charge in [-0.15, -0.1) is 0 Å². The van der Waals surface area contributed by atoms with E-state index in [0.29, 0.717) is 47.4 Å². The summed E-state index contributed by atoms with van der Waals surface area (Å²) in [4.78, 5) is 26.9. The van der Waals surface area contributed by atoms with Crippen LogP contribution in [0.4, 0.5) is 10.6 Å². The fourth-order valence-electron chi connectivity index (χ4n) is 3.26. The van der Waals surface area contributed by atoms with Crippen molar-refractivity contribution in [1.29, 1.82) is 0 Å². The molecule has 1 aliphatic rings. The number of fused-ring (bicyclic) bond motifs is 2. The van der Waals surface area contributed by atoms with Crippen molar-refractivity contribution in [3.8, 4) is 11.5 Å². The second-order valence-electron chi connectivity index (χ2n) is 7.14. The number of hydrogen-bond donors (Lipinski definition) is 2. The number of anilines is 1. The number of nitrogens with two attached hydrogens (primary N) is 1. The Morgan fingerprint density at radius 2 is 2.10 bits per heavy atom. The monoisotopic (exact) mass is 556 g/mol. The Labute approximate surface area is 196 Å². The highest BCUT2D eigenvalue weighted by Gasteiger charge is 2.21. The number of nitrogen functional groups attached to an aromatic ring is 1. The summed E-state index contributed by atoms with van der Waals surface area (Å²) in [5, 5.41) is 10.1. The molecule has 0 atom stereocenters. The van der Waals surface area contributed by atoms with E-state index in [9.17, 15) is 9.90 Å². The Bertz CT molecular complexity index is 1140. The second-order valence-corrected chi connectivity index (χ2v) is 9.31. The lowest BCUT2D eigenvalue weighted by Crippen LogP contribution is -2.36. The molecule has 12 heteroatoms. The molecule has 3 heterocycles. The molecule has 3 aromatic rings. The van der Waals surface area contributed by atoms with Gasteiger partial charge in [0.2, 0.25) is 6.79 Å². The molecule has 3 N–H and O–H groups in total. The average Bonchev–Trinajstić information content (AvgIpc) is 3.30. The number of nitrogens with zero attached hydrogens (tertiary/aromatic N) is 5. The Hall–Kier alpha value is -2.48. The van der Waals surface area contributed by atoms with Crippen LogP contribution in [0.1, 0.15) is 20.3 Å². The minimum atomic E-state index is -0.929. The Morgan fingerprint density at radius 1 is 1.35 bits per heavy atom. The zero-order valence-corrected chi connectivity index (χ0v) is 19.9. The lowest BCUT2D eigenvalue weighted by molar-refractivity contribution is 0.130. The summed E-state index contributed by atoms with van der Waals surface area (Å²) in [5.74, 6) is 1.72. The first kappa shape index (κ1) is 21.7. The third-order valence-electron chi connectivity index (χ3n) is 4.80. The number of benzene rings is 1. The topological polar surface area (TPSA) is 129 Å². The molecule has 1 aliphatic heterocycles. The van der Waals surface area contributed by atoms with Gasteiger partial charge >= 0.3 is 6.09 Å². The molecule has 0 aliphatic carbocycles. The quantitative estimate of drug-likeness (QED) is 0.419. The molecule has 1 amide bonds. The molecule has 0 fully saturated rings. The number of carboxylic acid groups (broad SMARTS) is 1. The molecule has 10 nitrogen and oxygen atoms in total. The normalized spacial score (nSPS) is 12.6. The molecule has 2 aromatic heterocycles. The smallest absolute Gasteiger partial charge is 0.407 e. The van der Waals surface area contributed by atoms with Crippen LogP contribution < -0.4 is 15.2 Å². The molecule has 0 unspecified atom stereocenters. The zero-order chi connectivity index (χ0) is 22.1. The minimum Gasteiger partial charge on any atom is -0.465 e. The van der Waals surface area contributed by atoms with Gasteiger partial charge in [0.05, 0.1) is 0 Å². The molecule has 0 bridgehead atoms. The SMILES string of the molecule is CC(C)N(CCCn1c(Sc2cc3c(cc2I)OCO3)nc2c(N)ncnc21)C(=O)O. The summed E-state index contributed by atoms with van der Waals surface area (Å²) < 4.78 is 13.9. The first-order valence-electron chi connectivity index (χ1n) is 9.58. The van der Waals surface area contributed by atoms with Gasteiger partial charge in [0.15, 0.2) is 33.6 Å². The van der Waals surface area contributed by atoms with Gasteiger partial charge in [-0.1, -0.05) is 11.8 Å². The van der Waals surface area contributed by atoms with E-state index in [4.69, 9.17) is 15.2 Å². The number of hydrogen-bond acceptors (Lipinski definition) is 8. The van der Waals surface area contributed by atoms with E-state index in [1.165, 1.54) is 23.0 Å². The van der Waals surface area contributed by atoms with Crippen molar-refractivity contribution >= 4 is 57.4 Å². The first-order chi connectivity index (χ1) is 14.8. The molecule has 0 spiro atoms. The molecule has 31 heavy (non-hydrogen) atoms. The van der Waals surface area contributed by atoms with Crippen LogP contribution in [-0.2, 0) is 6.54 Å². The predicted molar refractivity (Wildman–Crippen MR) is 124 cm³/mol. The summed E-state index contributed by atoms with van der Waals surface area (Å²) in [6, 6.07) is 3.76. The number of imidazole rings is 1. The summed E-state index contributed by atoms with van der Waals surface area (Å²) in [7, 11) is 0. The fourth-order valence-corrected chi connectivity index (χ4v) is 4.98. The zero-order valence-electron chi connectivity index (χ0n) is 16.9. The predicted octanol–water partition coefficient (Wildman–Crippen LogP) is 3.67. The number of carbonyl (C=O) groups is 1. The largest absolute Gasteiger partial charge is 0.465 e. The molecule has 0 saturated carbocycles. The molecular weight excluding hydrogens is 535 g/mol. The van der Waals surface area contributed by atoms with Crippen LogP contribution >= 0.6 is 34.4 Å². The number of ether oxygens (including phenoxy) is 2. The van der Waals surface area contributed by atoms with Gasteiger partial charge in [0.25, 0.3) is 0 Å². The highest BCUT2D eigenvalue weighted by atomic mass is 127. The van der Waals surface area contributed by atoms with Crippen LogP contribution in [0.15, 0.2) is 28.5 Å². The van der Waals surface area contributed by atoms with E-state index in [1.807, 2.05) is 30.5 Å². The van der Waals surface area contributed by atoms with Gasteiger partial charge in [-0.25, -0.2) is 19.7 Å². The van der Waals surface area contributed by atoms with Crippen molar-refractivity contribution in [2.24, 2.45) is 0 Å². The van der Waals surface area contributed by atoms with Crippen LogP contribution in [0.2, 0.25) is 0 Å². The van der Waals surface area contributed by atoms with Crippen LogP contribution in [-0.4, -0.2) is 55.0 Å². The van der Waals surface area contributed by atoms with Crippen LogP contribution in [0.25, 0.3) is 11.2 Å². The van der Waals surface area contributed by atoms with Crippen molar-refractivity contribution in [3.63, 3.8) is 0 Å². The van der Waals surface area contributed by atoms with Crippen LogP contribution in [0, 0.1) is 3.57 Å². The van der Waals surface area contributed by atoms with Crippen molar-refractivity contribution in [2.45, 2.75) is 42.9 Å². The van der Waals surface area contributed by atoms with Crippen LogP contribution in [0.3, 0.4) is 0 Å². The van der Waals surface area contributed by atoms with E-state index in [1.54, 1.807) is 0 Å². The van der Waals surface area contributed by atoms with Crippen molar-refractivity contribution in [1.82, 2.24) is 24.4 Å².